The summed E-state index contributed by atoms with van der Waals surface area (Å²) in [7, 11) is 0. The lowest BCUT2D eigenvalue weighted by Gasteiger charge is -2.13. The Morgan fingerprint density at radius 2 is 2.14 bits per heavy atom. The van der Waals surface area contributed by atoms with E-state index in [4.69, 9.17) is 4.42 Å². The largest absolute Gasteiger partial charge is 0.442 e. The van der Waals surface area contributed by atoms with Gasteiger partial charge in [-0.2, -0.15) is 13.2 Å². The van der Waals surface area contributed by atoms with E-state index < -0.39 is 18.3 Å². The number of amides is 1. The predicted molar refractivity (Wildman–Crippen MR) is 91.6 cm³/mol. The lowest BCUT2D eigenvalue weighted by molar-refractivity contribution is -0.220. The highest BCUT2D eigenvalue weighted by atomic mass is 19.4. The quantitative estimate of drug-likeness (QED) is 0.706. The third-order valence-electron chi connectivity index (χ3n) is 4.57. The predicted octanol–water partition coefficient (Wildman–Crippen LogP) is 2.05. The number of halogens is 3. The summed E-state index contributed by atoms with van der Waals surface area (Å²) in [6, 6.07) is 0. The first-order valence-electron chi connectivity index (χ1n) is 8.52. The van der Waals surface area contributed by atoms with Crippen LogP contribution in [-0.4, -0.2) is 46.2 Å². The Bertz CT molecular complexity index is 966. The van der Waals surface area contributed by atoms with Crippen molar-refractivity contribution in [2.24, 2.45) is 4.99 Å². The Balaban J connectivity index is 1.55. The Kier molecular flexibility index (Phi) is 4.17. The minimum atomic E-state index is -4.63. The van der Waals surface area contributed by atoms with Gasteiger partial charge in [-0.05, 0) is 26.7 Å². The van der Waals surface area contributed by atoms with Crippen LogP contribution in [0.5, 0.6) is 0 Å². The number of hydroxylamine groups is 1. The average molecular weight is 398 g/mol. The molecule has 0 aromatic carbocycles. The van der Waals surface area contributed by atoms with Crippen molar-refractivity contribution in [1.29, 1.82) is 0 Å². The van der Waals surface area contributed by atoms with Crippen LogP contribution in [0.3, 0.4) is 0 Å². The highest BCUT2D eigenvalue weighted by Crippen LogP contribution is 2.40. The number of rotatable bonds is 5. The minimum absolute atomic E-state index is 0.0906. The van der Waals surface area contributed by atoms with Crippen molar-refractivity contribution in [2.75, 3.05) is 11.9 Å². The molecule has 12 heteroatoms. The maximum Gasteiger partial charge on any atom is 0.437 e. The molecule has 0 spiro atoms. The Hall–Kier alpha value is -2.89. The van der Waals surface area contributed by atoms with Gasteiger partial charge in [-0.1, -0.05) is 0 Å². The van der Waals surface area contributed by atoms with Gasteiger partial charge < -0.3 is 15.1 Å². The zero-order valence-corrected chi connectivity index (χ0v) is 15.0. The Labute approximate surface area is 156 Å². The third kappa shape index (κ3) is 3.46. The standard InChI is InChI=1S/C16H17F3N6O3/c1-7-9(12(26)20-5-8-23-14(28-25-8)16(17,18)19)10-11(24-15(2)3-4-15)21-6-22-13(10)27-7/h6,14H,3-5H2,1-2H3,(H,20,26)(H,23,25)(H,21,22,24). The van der Waals surface area contributed by atoms with E-state index in [0.29, 0.717) is 17.0 Å². The van der Waals surface area contributed by atoms with Crippen LogP contribution in [0.2, 0.25) is 0 Å². The molecule has 2 aromatic rings. The van der Waals surface area contributed by atoms with Gasteiger partial charge in [-0.25, -0.2) is 25.3 Å². The molecule has 1 unspecified atom stereocenters. The summed E-state index contributed by atoms with van der Waals surface area (Å²) >= 11 is 0. The van der Waals surface area contributed by atoms with Gasteiger partial charge in [0.05, 0.1) is 17.5 Å². The summed E-state index contributed by atoms with van der Waals surface area (Å²) < 4.78 is 43.3. The first-order chi connectivity index (χ1) is 13.2. The van der Waals surface area contributed by atoms with E-state index >= 15 is 0 Å². The molecule has 3 heterocycles. The molecular weight excluding hydrogens is 381 g/mol. The fourth-order valence-corrected chi connectivity index (χ4v) is 2.80. The number of nitrogens with zero attached hydrogens (tertiary/aromatic N) is 3. The van der Waals surface area contributed by atoms with Crippen molar-refractivity contribution < 1.29 is 27.2 Å². The minimum Gasteiger partial charge on any atom is -0.442 e. The van der Waals surface area contributed by atoms with Crippen molar-refractivity contribution in [3.63, 3.8) is 0 Å². The Morgan fingerprint density at radius 3 is 2.79 bits per heavy atom. The van der Waals surface area contributed by atoms with E-state index in [2.05, 4.69) is 35.9 Å². The first kappa shape index (κ1) is 18.5. The van der Waals surface area contributed by atoms with Crippen LogP contribution >= 0.6 is 0 Å². The number of hydrogen-bond donors (Lipinski definition) is 3. The lowest BCUT2D eigenvalue weighted by Crippen LogP contribution is -2.35. The van der Waals surface area contributed by atoms with Crippen molar-refractivity contribution in [3.05, 3.63) is 17.7 Å². The topological polar surface area (TPSA) is 114 Å². The summed E-state index contributed by atoms with van der Waals surface area (Å²) in [6.45, 7) is 3.37. The summed E-state index contributed by atoms with van der Waals surface area (Å²) in [5.41, 5.74) is 2.45. The molecular formula is C16H17F3N6O3. The molecule has 1 atom stereocenters. The molecule has 0 bridgehead atoms. The van der Waals surface area contributed by atoms with Gasteiger partial charge in [0.2, 0.25) is 5.71 Å². The number of carbonyl (C=O) groups is 1. The van der Waals surface area contributed by atoms with Crippen LogP contribution in [0.25, 0.3) is 11.1 Å². The van der Waals surface area contributed by atoms with E-state index in [1.54, 1.807) is 6.92 Å². The van der Waals surface area contributed by atoms with Gasteiger partial charge in [-0.3, -0.25) is 4.79 Å². The molecule has 28 heavy (non-hydrogen) atoms. The van der Waals surface area contributed by atoms with Crippen LogP contribution in [-0.2, 0) is 4.84 Å². The number of aromatic nitrogens is 2. The van der Waals surface area contributed by atoms with Crippen molar-refractivity contribution in [3.8, 4) is 0 Å². The molecule has 1 aliphatic heterocycles. The molecule has 1 amide bonds. The summed E-state index contributed by atoms with van der Waals surface area (Å²) in [5, 5.41) is 6.23. The van der Waals surface area contributed by atoms with Crippen molar-refractivity contribution >= 4 is 28.7 Å². The number of carbonyl (C=O) groups excluding carboxylic acids is 1. The van der Waals surface area contributed by atoms with E-state index in [-0.39, 0.29) is 29.2 Å². The molecule has 4 rings (SSSR count). The summed E-state index contributed by atoms with van der Waals surface area (Å²) in [4.78, 5) is 28.7. The van der Waals surface area contributed by atoms with E-state index in [0.717, 1.165) is 12.8 Å². The molecule has 0 saturated heterocycles. The van der Waals surface area contributed by atoms with Crippen LogP contribution in [0, 0.1) is 6.92 Å². The lowest BCUT2D eigenvalue weighted by atomic mass is 10.1. The number of anilines is 1. The monoisotopic (exact) mass is 398 g/mol. The average Bonchev–Trinajstić information content (AvgIpc) is 3.04. The molecule has 1 saturated carbocycles. The number of furan rings is 1. The summed E-state index contributed by atoms with van der Waals surface area (Å²) in [6.07, 6.45) is -3.63. The van der Waals surface area contributed by atoms with Gasteiger partial charge >= 0.3 is 6.18 Å². The molecule has 3 N–H and O–H groups in total. The number of nitrogens with one attached hydrogen (secondary N) is 3. The Morgan fingerprint density at radius 1 is 1.39 bits per heavy atom. The van der Waals surface area contributed by atoms with Gasteiger partial charge in [0.1, 0.15) is 23.7 Å². The van der Waals surface area contributed by atoms with Crippen LogP contribution in [0.1, 0.15) is 35.9 Å². The van der Waals surface area contributed by atoms with Crippen molar-refractivity contribution in [1.82, 2.24) is 20.8 Å². The molecule has 1 fully saturated rings. The fraction of sp³-hybridized carbons (Fsp3) is 0.500. The van der Waals surface area contributed by atoms with Crippen LogP contribution in [0.4, 0.5) is 19.0 Å². The molecule has 1 aliphatic carbocycles. The second kappa shape index (κ2) is 6.33. The number of aliphatic imine (C=N–C) groups is 1. The number of fused-ring (bicyclic) bond motifs is 1. The van der Waals surface area contributed by atoms with Gasteiger partial charge in [0, 0.05) is 5.54 Å². The second-order valence-electron chi connectivity index (χ2n) is 6.99. The zero-order chi connectivity index (χ0) is 20.1. The molecule has 2 aliphatic rings. The highest BCUT2D eigenvalue weighted by Gasteiger charge is 2.44. The SMILES string of the molecule is Cc1oc2ncnc(NC3(C)CC3)c2c1C(=O)NCC1=NC(C(F)(F)F)ON1. The normalized spacial score (nSPS) is 20.6. The van der Waals surface area contributed by atoms with Crippen LogP contribution in [0.15, 0.2) is 15.7 Å². The third-order valence-corrected chi connectivity index (χ3v) is 4.57. The first-order valence-corrected chi connectivity index (χ1v) is 8.52. The number of aryl methyl sites for hydroxylation is 1. The number of alkyl halides is 3. The maximum absolute atomic E-state index is 12.7. The van der Waals surface area contributed by atoms with Crippen molar-refractivity contribution in [2.45, 2.75) is 44.6 Å². The fourth-order valence-electron chi connectivity index (χ4n) is 2.80. The van der Waals surface area contributed by atoms with Gasteiger partial charge in [-0.15, -0.1) is 0 Å². The van der Waals surface area contributed by atoms with Gasteiger partial charge in [0.25, 0.3) is 12.1 Å². The number of amidine groups is 1. The molecule has 0 radical (unpaired) electrons. The summed E-state index contributed by atoms with van der Waals surface area (Å²) in [5.74, 6) is 0.114. The number of hydrogen-bond acceptors (Lipinski definition) is 8. The maximum atomic E-state index is 12.7. The molecule has 9 nitrogen and oxygen atoms in total. The smallest absolute Gasteiger partial charge is 0.437 e. The van der Waals surface area contributed by atoms with E-state index in [1.807, 2.05) is 6.92 Å². The zero-order valence-electron chi connectivity index (χ0n) is 15.0. The molecule has 2 aromatic heterocycles. The highest BCUT2D eigenvalue weighted by molar-refractivity contribution is 6.10. The van der Waals surface area contributed by atoms with Gasteiger partial charge in [0.15, 0.2) is 0 Å². The van der Waals surface area contributed by atoms with E-state index in [1.165, 1.54) is 6.33 Å². The molecule has 150 valence electrons. The van der Waals surface area contributed by atoms with Crippen LogP contribution < -0.4 is 16.1 Å². The second-order valence-corrected chi connectivity index (χ2v) is 6.99. The van der Waals surface area contributed by atoms with E-state index in [9.17, 15) is 18.0 Å².